The topological polar surface area (TPSA) is 108 Å². The summed E-state index contributed by atoms with van der Waals surface area (Å²) < 4.78 is 5.37. The van der Waals surface area contributed by atoms with E-state index in [4.69, 9.17) is 4.74 Å². The average molecular weight is 498 g/mol. The van der Waals surface area contributed by atoms with Gasteiger partial charge in [-0.15, -0.1) is 0 Å². The molecule has 0 aliphatic heterocycles. The van der Waals surface area contributed by atoms with Gasteiger partial charge in [0.1, 0.15) is 23.4 Å². The molecule has 0 aliphatic rings. The maximum atomic E-state index is 13.9. The Labute approximate surface area is 214 Å². The van der Waals surface area contributed by atoms with Gasteiger partial charge in [0.25, 0.3) is 0 Å². The van der Waals surface area contributed by atoms with Crippen molar-refractivity contribution in [3.8, 4) is 5.75 Å². The molecule has 8 nitrogen and oxygen atoms in total. The number of amides is 3. The first-order valence-corrected chi connectivity index (χ1v) is 12.2. The number of benzene rings is 2. The summed E-state index contributed by atoms with van der Waals surface area (Å²) in [4.78, 5) is 41.5. The van der Waals surface area contributed by atoms with Crippen molar-refractivity contribution in [2.45, 2.75) is 78.7 Å². The zero-order valence-electron chi connectivity index (χ0n) is 22.2. The molecule has 2 rings (SSSR count). The lowest BCUT2D eigenvalue weighted by molar-refractivity contribution is -0.145. The minimum atomic E-state index is -0.983. The molecule has 36 heavy (non-hydrogen) atoms. The zero-order valence-corrected chi connectivity index (χ0v) is 22.2. The van der Waals surface area contributed by atoms with E-state index in [1.807, 2.05) is 58.0 Å². The Morgan fingerprint density at radius 1 is 0.944 bits per heavy atom. The van der Waals surface area contributed by atoms with Crippen LogP contribution in [0.5, 0.6) is 5.75 Å². The summed E-state index contributed by atoms with van der Waals surface area (Å²) in [5.74, 6) is -0.986. The van der Waals surface area contributed by atoms with Gasteiger partial charge in [0, 0.05) is 12.6 Å². The summed E-state index contributed by atoms with van der Waals surface area (Å²) in [6.45, 7) is 12.8. The van der Waals surface area contributed by atoms with Crippen LogP contribution in [-0.4, -0.2) is 45.6 Å². The van der Waals surface area contributed by atoms with Crippen molar-refractivity contribution in [3.05, 3.63) is 65.7 Å². The van der Waals surface area contributed by atoms with Gasteiger partial charge in [0.05, 0.1) is 0 Å². The van der Waals surface area contributed by atoms with E-state index in [1.54, 1.807) is 32.9 Å². The predicted molar refractivity (Wildman–Crippen MR) is 139 cm³/mol. The summed E-state index contributed by atoms with van der Waals surface area (Å²) in [6.07, 6.45) is -0.701. The normalized spacial score (nSPS) is 13.1. The molecule has 0 bridgehead atoms. The van der Waals surface area contributed by atoms with Gasteiger partial charge >= 0.3 is 6.09 Å². The number of carbonyl (C=O) groups is 3. The number of phenolic OH excluding ortho intramolecular Hbond substituents is 1. The van der Waals surface area contributed by atoms with Crippen molar-refractivity contribution in [2.75, 3.05) is 0 Å². The van der Waals surface area contributed by atoms with E-state index in [0.29, 0.717) is 5.56 Å². The van der Waals surface area contributed by atoms with Crippen LogP contribution in [0.2, 0.25) is 0 Å². The second-order valence-corrected chi connectivity index (χ2v) is 10.4. The van der Waals surface area contributed by atoms with E-state index in [1.165, 1.54) is 17.0 Å². The number of nitrogens with one attached hydrogen (secondary N) is 2. The Balaban J connectivity index is 2.41. The molecule has 2 atom stereocenters. The Morgan fingerprint density at radius 2 is 1.53 bits per heavy atom. The summed E-state index contributed by atoms with van der Waals surface area (Å²) in [6, 6.07) is 13.4. The molecular weight excluding hydrogens is 458 g/mol. The van der Waals surface area contributed by atoms with E-state index in [9.17, 15) is 19.5 Å². The van der Waals surface area contributed by atoms with E-state index in [2.05, 4.69) is 10.6 Å². The van der Waals surface area contributed by atoms with Crippen molar-refractivity contribution >= 4 is 17.9 Å². The highest BCUT2D eigenvalue weighted by atomic mass is 16.6. The Kier molecular flexibility index (Phi) is 9.90. The fourth-order valence-electron chi connectivity index (χ4n) is 3.77. The van der Waals surface area contributed by atoms with Crippen LogP contribution in [0.15, 0.2) is 54.6 Å². The summed E-state index contributed by atoms with van der Waals surface area (Å²) >= 11 is 0. The van der Waals surface area contributed by atoms with E-state index in [-0.39, 0.29) is 30.2 Å². The molecule has 0 heterocycles. The molecule has 3 N–H and O–H groups in total. The first-order chi connectivity index (χ1) is 16.8. The fourth-order valence-corrected chi connectivity index (χ4v) is 3.77. The van der Waals surface area contributed by atoms with Crippen LogP contribution in [0.4, 0.5) is 4.79 Å². The molecule has 0 aliphatic carbocycles. The predicted octanol–water partition coefficient (Wildman–Crippen LogP) is 4.54. The smallest absolute Gasteiger partial charge is 0.408 e. The minimum Gasteiger partial charge on any atom is -0.508 e. The number of ether oxygens (including phenoxy) is 1. The minimum absolute atomic E-state index is 0.0521. The highest BCUT2D eigenvalue weighted by Crippen LogP contribution is 2.27. The molecule has 8 heteroatoms. The highest BCUT2D eigenvalue weighted by molar-refractivity contribution is 5.92. The molecule has 0 spiro atoms. The Bertz CT molecular complexity index is 1010. The molecule has 2 aromatic carbocycles. The first-order valence-electron chi connectivity index (χ1n) is 12.2. The molecule has 0 saturated heterocycles. The highest BCUT2D eigenvalue weighted by Gasteiger charge is 2.38. The van der Waals surface area contributed by atoms with E-state index >= 15 is 0 Å². The number of hydrogen-bond acceptors (Lipinski definition) is 5. The average Bonchev–Trinajstić information content (AvgIpc) is 2.79. The van der Waals surface area contributed by atoms with Gasteiger partial charge in [0.2, 0.25) is 11.8 Å². The molecule has 0 saturated carbocycles. The zero-order chi connectivity index (χ0) is 27.0. The van der Waals surface area contributed by atoms with Gasteiger partial charge in [-0.1, -0.05) is 56.3 Å². The lowest BCUT2D eigenvalue weighted by Gasteiger charge is -2.38. The SMILES string of the molecule is CC(C)C(NC(=O)OC(C)(C)C)C(=O)N(C(C)C)C(C(=O)NCc1ccccc1)c1ccc(O)cc1. The van der Waals surface area contributed by atoms with Crippen LogP contribution in [0, 0.1) is 5.92 Å². The number of hydrogen-bond donors (Lipinski definition) is 3. The Morgan fingerprint density at radius 3 is 2.03 bits per heavy atom. The van der Waals surface area contributed by atoms with Gasteiger partial charge in [-0.25, -0.2) is 4.79 Å². The molecule has 2 aromatic rings. The van der Waals surface area contributed by atoms with Gasteiger partial charge in [0.15, 0.2) is 0 Å². The monoisotopic (exact) mass is 497 g/mol. The third-order valence-electron chi connectivity index (χ3n) is 5.46. The number of alkyl carbamates (subject to hydrolysis) is 1. The maximum absolute atomic E-state index is 13.9. The largest absolute Gasteiger partial charge is 0.508 e. The molecule has 0 fully saturated rings. The second-order valence-electron chi connectivity index (χ2n) is 10.4. The van der Waals surface area contributed by atoms with Crippen LogP contribution in [0.3, 0.4) is 0 Å². The van der Waals surface area contributed by atoms with E-state index < -0.39 is 29.7 Å². The van der Waals surface area contributed by atoms with Crippen molar-refractivity contribution < 1.29 is 24.2 Å². The van der Waals surface area contributed by atoms with Crippen LogP contribution < -0.4 is 10.6 Å². The third-order valence-corrected chi connectivity index (χ3v) is 5.46. The fraction of sp³-hybridized carbons (Fsp3) is 0.464. The summed E-state index contributed by atoms with van der Waals surface area (Å²) in [7, 11) is 0. The lowest BCUT2D eigenvalue weighted by atomic mass is 9.97. The third kappa shape index (κ3) is 8.29. The number of rotatable bonds is 9. The van der Waals surface area contributed by atoms with Crippen molar-refractivity contribution in [2.24, 2.45) is 5.92 Å². The van der Waals surface area contributed by atoms with Crippen molar-refractivity contribution in [3.63, 3.8) is 0 Å². The molecule has 3 amide bonds. The lowest BCUT2D eigenvalue weighted by Crippen LogP contribution is -2.56. The number of phenols is 1. The molecule has 0 aromatic heterocycles. The molecular formula is C28H39N3O5. The first kappa shape index (κ1) is 28.7. The van der Waals surface area contributed by atoms with Gasteiger partial charge in [-0.3, -0.25) is 9.59 Å². The molecule has 0 radical (unpaired) electrons. The second kappa shape index (κ2) is 12.4. The van der Waals surface area contributed by atoms with Crippen LogP contribution in [0.25, 0.3) is 0 Å². The summed E-state index contributed by atoms with van der Waals surface area (Å²) in [5, 5.41) is 15.4. The maximum Gasteiger partial charge on any atom is 0.408 e. The van der Waals surface area contributed by atoms with Gasteiger partial charge in [-0.05, 0) is 63.8 Å². The van der Waals surface area contributed by atoms with Crippen LogP contribution in [-0.2, 0) is 20.9 Å². The van der Waals surface area contributed by atoms with Gasteiger partial charge < -0.3 is 25.4 Å². The van der Waals surface area contributed by atoms with E-state index in [0.717, 1.165) is 5.56 Å². The number of carbonyl (C=O) groups excluding carboxylic acids is 3. The molecule has 196 valence electrons. The van der Waals surface area contributed by atoms with Crippen molar-refractivity contribution in [1.29, 1.82) is 0 Å². The number of aromatic hydroxyl groups is 1. The van der Waals surface area contributed by atoms with Crippen LogP contribution >= 0.6 is 0 Å². The van der Waals surface area contributed by atoms with Gasteiger partial charge in [-0.2, -0.15) is 0 Å². The van der Waals surface area contributed by atoms with Crippen LogP contribution in [0.1, 0.15) is 65.6 Å². The standard InChI is InChI=1S/C28H39N3O5/c1-18(2)23(30-27(35)36-28(5,6)7)26(34)31(19(3)4)24(21-13-15-22(32)16-14-21)25(33)29-17-20-11-9-8-10-12-20/h8-16,18-19,23-24,32H,17H2,1-7H3,(H,29,33)(H,30,35). The summed E-state index contributed by atoms with van der Waals surface area (Å²) in [5.41, 5.74) is 0.739. The number of nitrogens with zero attached hydrogens (tertiary/aromatic N) is 1. The molecule has 2 unspecified atom stereocenters. The quantitative estimate of drug-likeness (QED) is 0.472. The Hall–Kier alpha value is -3.55. The van der Waals surface area contributed by atoms with Crippen molar-refractivity contribution in [1.82, 2.24) is 15.5 Å².